The van der Waals surface area contributed by atoms with Gasteiger partial charge in [-0.25, -0.2) is 0 Å². The molecule has 0 saturated heterocycles. The Morgan fingerprint density at radius 3 is 2.72 bits per heavy atom. The van der Waals surface area contributed by atoms with E-state index in [9.17, 15) is 18.0 Å². The van der Waals surface area contributed by atoms with Crippen molar-refractivity contribution >= 4 is 20.5 Å². The minimum absolute atomic E-state index is 0.137. The second-order valence-electron chi connectivity index (χ2n) is 3.30. The van der Waals surface area contributed by atoms with E-state index in [1.165, 1.54) is 13.2 Å². The van der Waals surface area contributed by atoms with Gasteiger partial charge < -0.3 is 0 Å². The number of methoxy groups -OCH3 is 1. The number of ether oxygens (including phenoxy) is 1. The van der Waals surface area contributed by atoms with Gasteiger partial charge in [-0.3, -0.25) is 0 Å². The van der Waals surface area contributed by atoms with Gasteiger partial charge >= 0.3 is 105 Å². The van der Waals surface area contributed by atoms with E-state index in [2.05, 4.69) is 14.7 Å². The van der Waals surface area contributed by atoms with Crippen LogP contribution in [0, 0.1) is 0 Å². The van der Waals surface area contributed by atoms with E-state index >= 15 is 0 Å². The molecule has 0 saturated carbocycles. The Balaban J connectivity index is 2.30. The summed E-state index contributed by atoms with van der Waals surface area (Å²) in [5.74, 6) is -0.332. The maximum atomic E-state index is 12.4. The van der Waals surface area contributed by atoms with Crippen LogP contribution in [0.1, 0.15) is 14.9 Å². The first kappa shape index (κ1) is 12.9. The van der Waals surface area contributed by atoms with Crippen LogP contribution in [0.2, 0.25) is 0 Å². The third kappa shape index (κ3) is 2.49. The number of hydrogen-bond donors (Lipinski definition) is 1. The first-order chi connectivity index (χ1) is 8.41. The number of nitrogens with one attached hydrogen (secondary N) is 1. The predicted molar refractivity (Wildman–Crippen MR) is 57.3 cm³/mol. The number of imidazole rings is 1. The van der Waals surface area contributed by atoms with E-state index in [0.29, 0.717) is 8.87 Å². The van der Waals surface area contributed by atoms with Crippen LogP contribution >= 0.6 is 0 Å². The standard InChI is InChI=1S/C10H7F3N2O2Se/c1-17-9(16)6-3-2-5(18-6)8-14-4-7(15-8)10(11,12)13/h2-4H,1H3,(H,14,15). The second kappa shape index (κ2) is 4.62. The summed E-state index contributed by atoms with van der Waals surface area (Å²) in [6.45, 7) is 0. The molecule has 0 spiro atoms. The average molecular weight is 323 g/mol. The Morgan fingerprint density at radius 2 is 2.17 bits per heavy atom. The number of H-pyrrole nitrogens is 1. The summed E-state index contributed by atoms with van der Waals surface area (Å²) in [4.78, 5) is 17.1. The Hall–Kier alpha value is -1.53. The molecule has 0 unspecified atom stereocenters. The number of halogens is 3. The van der Waals surface area contributed by atoms with Crippen molar-refractivity contribution in [1.82, 2.24) is 9.97 Å². The van der Waals surface area contributed by atoms with E-state index in [4.69, 9.17) is 0 Å². The monoisotopic (exact) mass is 324 g/mol. The van der Waals surface area contributed by atoms with Crippen LogP contribution in [0.25, 0.3) is 10.3 Å². The second-order valence-corrected chi connectivity index (χ2v) is 5.57. The molecule has 96 valence electrons. The van der Waals surface area contributed by atoms with Crippen LogP contribution in [0.15, 0.2) is 18.3 Å². The van der Waals surface area contributed by atoms with Crippen LogP contribution in [0.5, 0.6) is 0 Å². The van der Waals surface area contributed by atoms with Crippen molar-refractivity contribution in [2.75, 3.05) is 7.11 Å². The number of carbonyl (C=O) groups excluding carboxylic acids is 1. The van der Waals surface area contributed by atoms with Gasteiger partial charge in [-0.1, -0.05) is 0 Å². The van der Waals surface area contributed by atoms with Crippen molar-refractivity contribution in [3.05, 3.63) is 28.5 Å². The zero-order valence-electron chi connectivity index (χ0n) is 9.04. The number of esters is 1. The van der Waals surface area contributed by atoms with Crippen LogP contribution in [-0.4, -0.2) is 37.6 Å². The summed E-state index contributed by atoms with van der Waals surface area (Å²) in [6.07, 6.45) is -3.71. The molecular formula is C10H7F3N2O2Se. The molecule has 8 heteroatoms. The fourth-order valence-corrected chi connectivity index (χ4v) is 3.10. The quantitative estimate of drug-likeness (QED) is 0.679. The van der Waals surface area contributed by atoms with Crippen molar-refractivity contribution in [3.63, 3.8) is 0 Å². The van der Waals surface area contributed by atoms with Crippen LogP contribution < -0.4 is 0 Å². The molecule has 4 nitrogen and oxygen atoms in total. The number of nitrogens with zero attached hydrogens (tertiary/aromatic N) is 1. The summed E-state index contributed by atoms with van der Waals surface area (Å²) < 4.78 is 42.7. The van der Waals surface area contributed by atoms with Crippen LogP contribution in [-0.2, 0) is 10.9 Å². The van der Waals surface area contributed by atoms with Gasteiger partial charge in [0.25, 0.3) is 0 Å². The van der Waals surface area contributed by atoms with Gasteiger partial charge in [-0.15, -0.1) is 0 Å². The first-order valence-electron chi connectivity index (χ1n) is 4.72. The minimum atomic E-state index is -4.45. The first-order valence-corrected chi connectivity index (χ1v) is 6.44. The summed E-state index contributed by atoms with van der Waals surface area (Å²) in [6, 6.07) is 3.11. The van der Waals surface area contributed by atoms with Gasteiger partial charge in [0, 0.05) is 0 Å². The van der Waals surface area contributed by atoms with E-state index < -0.39 is 32.3 Å². The summed E-state index contributed by atoms with van der Waals surface area (Å²) in [7, 11) is 1.26. The molecule has 0 aliphatic rings. The molecule has 0 atom stereocenters. The Labute approximate surface area is 106 Å². The van der Waals surface area contributed by atoms with Crippen molar-refractivity contribution in [2.24, 2.45) is 0 Å². The molecule has 2 heterocycles. The predicted octanol–water partition coefficient (Wildman–Crippen LogP) is 1.94. The summed E-state index contributed by atoms with van der Waals surface area (Å²) in [5, 5.41) is 0. The molecule has 1 N–H and O–H groups in total. The maximum absolute atomic E-state index is 12.4. The molecule has 0 bridgehead atoms. The van der Waals surface area contributed by atoms with Gasteiger partial charge in [-0.05, 0) is 0 Å². The number of alkyl halides is 3. The molecule has 0 aliphatic carbocycles. The van der Waals surface area contributed by atoms with E-state index in [-0.39, 0.29) is 5.82 Å². The third-order valence-corrected chi connectivity index (χ3v) is 4.36. The van der Waals surface area contributed by atoms with Gasteiger partial charge in [0.2, 0.25) is 0 Å². The molecule has 0 fully saturated rings. The number of aromatic nitrogens is 2. The molecule has 2 aromatic heterocycles. The molecule has 0 aliphatic heterocycles. The molecule has 0 aromatic carbocycles. The number of hydrogen-bond acceptors (Lipinski definition) is 3. The molecule has 2 rings (SSSR count). The topological polar surface area (TPSA) is 55.0 Å². The van der Waals surface area contributed by atoms with Crippen LogP contribution in [0.4, 0.5) is 13.2 Å². The zero-order chi connectivity index (χ0) is 13.3. The Kier molecular flexibility index (Phi) is 3.32. The summed E-state index contributed by atoms with van der Waals surface area (Å²) in [5.41, 5.74) is -0.902. The normalized spacial score (nSPS) is 11.6. The summed E-state index contributed by atoms with van der Waals surface area (Å²) >= 11 is -0.395. The van der Waals surface area contributed by atoms with Gasteiger partial charge in [0.1, 0.15) is 0 Å². The molecule has 18 heavy (non-hydrogen) atoms. The molecule has 0 radical (unpaired) electrons. The Bertz CT molecular complexity index is 574. The van der Waals surface area contributed by atoms with Crippen molar-refractivity contribution in [2.45, 2.75) is 6.18 Å². The van der Waals surface area contributed by atoms with Gasteiger partial charge in [0.05, 0.1) is 0 Å². The Morgan fingerprint density at radius 1 is 1.44 bits per heavy atom. The molecule has 2 aromatic rings. The van der Waals surface area contributed by atoms with Crippen molar-refractivity contribution < 1.29 is 22.7 Å². The van der Waals surface area contributed by atoms with Gasteiger partial charge in [-0.2, -0.15) is 0 Å². The zero-order valence-corrected chi connectivity index (χ0v) is 10.8. The fraction of sp³-hybridized carbons (Fsp3) is 0.200. The van der Waals surface area contributed by atoms with E-state index in [1.807, 2.05) is 0 Å². The van der Waals surface area contributed by atoms with Crippen LogP contribution in [0.3, 0.4) is 0 Å². The SMILES string of the molecule is COC(=O)c1ccc(-c2ncc(C(F)(F)F)[nH]2)[se]1. The number of carbonyl (C=O) groups is 1. The average Bonchev–Trinajstić information content (AvgIpc) is 2.94. The van der Waals surface area contributed by atoms with Crippen molar-refractivity contribution in [1.29, 1.82) is 0 Å². The number of aromatic amines is 1. The third-order valence-electron chi connectivity index (χ3n) is 2.11. The molecular weight excluding hydrogens is 316 g/mol. The van der Waals surface area contributed by atoms with E-state index in [1.54, 1.807) is 6.07 Å². The molecule has 0 amide bonds. The van der Waals surface area contributed by atoms with Crippen molar-refractivity contribution in [3.8, 4) is 10.3 Å². The van der Waals surface area contributed by atoms with E-state index in [0.717, 1.165) is 6.20 Å². The van der Waals surface area contributed by atoms with Gasteiger partial charge in [0.15, 0.2) is 0 Å². The fourth-order valence-electron chi connectivity index (χ4n) is 1.27. The number of rotatable bonds is 2.